The van der Waals surface area contributed by atoms with Crippen LogP contribution in [0.3, 0.4) is 0 Å². The predicted octanol–water partition coefficient (Wildman–Crippen LogP) is 3.68. The first-order chi connectivity index (χ1) is 8.52. The number of hydrazine groups is 1. The van der Waals surface area contributed by atoms with E-state index in [9.17, 15) is 0 Å². The second-order valence-electron chi connectivity index (χ2n) is 6.59. The van der Waals surface area contributed by atoms with Gasteiger partial charge in [0, 0.05) is 6.04 Å². The molecule has 1 aromatic rings. The van der Waals surface area contributed by atoms with Crippen LogP contribution in [0.5, 0.6) is 0 Å². The largest absolute Gasteiger partial charge is 0.271 e. The van der Waals surface area contributed by atoms with E-state index in [0.717, 1.165) is 5.92 Å². The summed E-state index contributed by atoms with van der Waals surface area (Å²) in [7, 11) is 0. The minimum Gasteiger partial charge on any atom is -0.271 e. The zero-order chi connectivity index (χ0) is 13.2. The molecule has 1 atom stereocenters. The Hall–Kier alpha value is -0.860. The van der Waals surface area contributed by atoms with Crippen LogP contribution in [0, 0.1) is 5.92 Å². The Balaban J connectivity index is 2.23. The molecule has 0 aliphatic heterocycles. The summed E-state index contributed by atoms with van der Waals surface area (Å²) in [6, 6.07) is 9.01. The van der Waals surface area contributed by atoms with Gasteiger partial charge in [-0.25, -0.2) is 0 Å². The molecule has 1 aromatic carbocycles. The fourth-order valence-electron chi connectivity index (χ4n) is 2.83. The fraction of sp³-hybridized carbons (Fsp3) is 0.625. The van der Waals surface area contributed by atoms with Gasteiger partial charge in [0.2, 0.25) is 0 Å². The lowest BCUT2D eigenvalue weighted by Crippen LogP contribution is -2.33. The average molecular weight is 246 g/mol. The van der Waals surface area contributed by atoms with E-state index in [0.29, 0.717) is 6.04 Å². The third-order valence-corrected chi connectivity index (χ3v) is 4.14. The minimum atomic E-state index is 0.172. The maximum absolute atomic E-state index is 5.79. The zero-order valence-corrected chi connectivity index (χ0v) is 11.9. The van der Waals surface area contributed by atoms with Crippen LogP contribution < -0.4 is 11.3 Å². The molecule has 0 aromatic heterocycles. The van der Waals surface area contributed by atoms with E-state index in [4.69, 9.17) is 5.84 Å². The topological polar surface area (TPSA) is 38.0 Å². The Kier molecular flexibility index (Phi) is 4.08. The van der Waals surface area contributed by atoms with Gasteiger partial charge in [-0.3, -0.25) is 11.3 Å². The Morgan fingerprint density at radius 1 is 1.28 bits per heavy atom. The number of nitrogens with one attached hydrogen (secondary N) is 1. The fourth-order valence-corrected chi connectivity index (χ4v) is 2.83. The summed E-state index contributed by atoms with van der Waals surface area (Å²) in [5.74, 6) is 6.65. The highest BCUT2D eigenvalue weighted by Gasteiger charge is 2.26. The third-order valence-electron chi connectivity index (χ3n) is 4.14. The van der Waals surface area contributed by atoms with Gasteiger partial charge in [0.05, 0.1) is 0 Å². The molecule has 100 valence electrons. The highest BCUT2D eigenvalue weighted by atomic mass is 15.2. The van der Waals surface area contributed by atoms with E-state index in [2.05, 4.69) is 50.5 Å². The van der Waals surface area contributed by atoms with E-state index in [1.165, 1.54) is 36.8 Å². The predicted molar refractivity (Wildman–Crippen MR) is 77.2 cm³/mol. The lowest BCUT2D eigenvalue weighted by molar-refractivity contribution is 0.260. The molecule has 18 heavy (non-hydrogen) atoms. The second-order valence-corrected chi connectivity index (χ2v) is 6.59. The van der Waals surface area contributed by atoms with Gasteiger partial charge >= 0.3 is 0 Å². The summed E-state index contributed by atoms with van der Waals surface area (Å²) < 4.78 is 0. The number of nitrogens with two attached hydrogens (primary N) is 1. The summed E-state index contributed by atoms with van der Waals surface area (Å²) in [6.07, 6.45) is 5.30. The molecule has 0 bridgehead atoms. The van der Waals surface area contributed by atoms with Crippen molar-refractivity contribution < 1.29 is 0 Å². The Bertz CT molecular complexity index is 388. The third kappa shape index (κ3) is 2.93. The van der Waals surface area contributed by atoms with Crippen molar-refractivity contribution in [2.45, 2.75) is 57.9 Å². The number of rotatable bonds is 4. The molecular weight excluding hydrogens is 220 g/mol. The summed E-state index contributed by atoms with van der Waals surface area (Å²) in [5, 5.41) is 0. The molecule has 2 nitrogen and oxygen atoms in total. The molecule has 2 heteroatoms. The highest BCUT2D eigenvalue weighted by Crippen LogP contribution is 2.37. The van der Waals surface area contributed by atoms with Gasteiger partial charge in [-0.15, -0.1) is 0 Å². The molecule has 1 aliphatic rings. The summed E-state index contributed by atoms with van der Waals surface area (Å²) in [6.45, 7) is 6.80. The van der Waals surface area contributed by atoms with Crippen LogP contribution in [0.25, 0.3) is 0 Å². The molecule has 0 heterocycles. The van der Waals surface area contributed by atoms with Gasteiger partial charge in [0.1, 0.15) is 0 Å². The maximum atomic E-state index is 5.79. The van der Waals surface area contributed by atoms with Crippen molar-refractivity contribution in [2.75, 3.05) is 0 Å². The molecule has 1 unspecified atom stereocenters. The lowest BCUT2D eigenvalue weighted by atomic mass is 9.76. The van der Waals surface area contributed by atoms with Crippen LogP contribution in [0.2, 0.25) is 0 Å². The average Bonchev–Trinajstić information content (AvgIpc) is 2.27. The molecule has 0 radical (unpaired) electrons. The van der Waals surface area contributed by atoms with Crippen LogP contribution in [0.4, 0.5) is 0 Å². The van der Waals surface area contributed by atoms with Crippen LogP contribution in [0.15, 0.2) is 24.3 Å². The Morgan fingerprint density at radius 3 is 2.44 bits per heavy atom. The van der Waals surface area contributed by atoms with Gasteiger partial charge in [-0.1, -0.05) is 64.3 Å². The molecule has 0 spiro atoms. The van der Waals surface area contributed by atoms with E-state index in [1.54, 1.807) is 0 Å². The first-order valence-electron chi connectivity index (χ1n) is 7.08. The van der Waals surface area contributed by atoms with Crippen molar-refractivity contribution in [1.82, 2.24) is 5.43 Å². The molecule has 1 aliphatic carbocycles. The van der Waals surface area contributed by atoms with E-state index in [-0.39, 0.29) is 5.41 Å². The zero-order valence-electron chi connectivity index (χ0n) is 11.9. The van der Waals surface area contributed by atoms with Crippen molar-refractivity contribution >= 4 is 0 Å². The number of benzene rings is 1. The summed E-state index contributed by atoms with van der Waals surface area (Å²) in [5.41, 5.74) is 5.99. The van der Waals surface area contributed by atoms with E-state index in [1.807, 2.05) is 0 Å². The quantitative estimate of drug-likeness (QED) is 0.628. The number of hydrogen-bond acceptors (Lipinski definition) is 2. The van der Waals surface area contributed by atoms with Crippen LogP contribution in [-0.4, -0.2) is 0 Å². The van der Waals surface area contributed by atoms with E-state index >= 15 is 0 Å². The molecule has 3 N–H and O–H groups in total. The van der Waals surface area contributed by atoms with Crippen molar-refractivity contribution in [2.24, 2.45) is 11.8 Å². The number of hydrogen-bond donors (Lipinski definition) is 2. The van der Waals surface area contributed by atoms with E-state index < -0.39 is 0 Å². The molecule has 1 saturated carbocycles. The lowest BCUT2D eigenvalue weighted by Gasteiger charge is -2.32. The van der Waals surface area contributed by atoms with Crippen LogP contribution in [0.1, 0.15) is 63.6 Å². The summed E-state index contributed by atoms with van der Waals surface area (Å²) in [4.78, 5) is 0. The highest BCUT2D eigenvalue weighted by molar-refractivity contribution is 5.35. The monoisotopic (exact) mass is 246 g/mol. The first kappa shape index (κ1) is 13.6. The Labute approximate surface area is 111 Å². The van der Waals surface area contributed by atoms with Crippen molar-refractivity contribution in [3.05, 3.63) is 35.4 Å². The SMILES string of the molecule is CC(C)(C)c1ccccc1C(CC1CCC1)NN. The smallest absolute Gasteiger partial charge is 0.0465 e. The maximum Gasteiger partial charge on any atom is 0.0465 e. The van der Waals surface area contributed by atoms with Gasteiger partial charge in [0.15, 0.2) is 0 Å². The van der Waals surface area contributed by atoms with Crippen molar-refractivity contribution in [3.63, 3.8) is 0 Å². The van der Waals surface area contributed by atoms with Gasteiger partial charge in [-0.2, -0.15) is 0 Å². The van der Waals surface area contributed by atoms with Gasteiger partial charge in [0.25, 0.3) is 0 Å². The molecule has 1 fully saturated rings. The van der Waals surface area contributed by atoms with Gasteiger partial charge in [-0.05, 0) is 28.9 Å². The van der Waals surface area contributed by atoms with Crippen molar-refractivity contribution in [1.29, 1.82) is 0 Å². The normalized spacial score (nSPS) is 18.4. The summed E-state index contributed by atoms with van der Waals surface area (Å²) >= 11 is 0. The molecule has 0 saturated heterocycles. The first-order valence-corrected chi connectivity index (χ1v) is 7.08. The van der Waals surface area contributed by atoms with Gasteiger partial charge < -0.3 is 0 Å². The Morgan fingerprint density at radius 2 is 1.94 bits per heavy atom. The molecule has 2 rings (SSSR count). The second kappa shape index (κ2) is 5.41. The molecule has 0 amide bonds. The van der Waals surface area contributed by atoms with Crippen LogP contribution >= 0.6 is 0 Å². The minimum absolute atomic E-state index is 0.172. The van der Waals surface area contributed by atoms with Crippen LogP contribution in [-0.2, 0) is 5.41 Å². The standard InChI is InChI=1S/C16H26N2/c1-16(2,3)14-10-5-4-9-13(14)15(18-17)11-12-7-6-8-12/h4-5,9-10,12,15,18H,6-8,11,17H2,1-3H3. The van der Waals surface area contributed by atoms with Crippen molar-refractivity contribution in [3.8, 4) is 0 Å². The molecular formula is C16H26N2.